The molecule has 0 spiro atoms. The highest BCUT2D eigenvalue weighted by molar-refractivity contribution is 5.96. The standard InChI is InChI=1S/C12H12F3NO3/c1-8(17)9-4-2-3-5-10(9)19-6-11(18)16-7-12(13,14)15/h2-5H,6-7H2,1H3,(H,16,18). The Hall–Kier alpha value is -2.05. The number of alkyl halides is 3. The molecule has 1 rings (SSSR count). The molecule has 19 heavy (non-hydrogen) atoms. The zero-order chi connectivity index (χ0) is 14.5. The number of amides is 1. The normalized spacial score (nSPS) is 10.9. The second-order valence-electron chi connectivity index (χ2n) is 3.73. The number of carbonyl (C=O) groups is 2. The number of hydrogen-bond donors (Lipinski definition) is 1. The van der Waals surface area contributed by atoms with E-state index >= 15 is 0 Å². The number of Topliss-reactive ketones (excluding diaryl/α,β-unsaturated/α-hetero) is 1. The van der Waals surface area contributed by atoms with Crippen LogP contribution in [0.4, 0.5) is 13.2 Å². The molecular formula is C12H12F3NO3. The van der Waals surface area contributed by atoms with Crippen LogP contribution in [0.2, 0.25) is 0 Å². The summed E-state index contributed by atoms with van der Waals surface area (Å²) in [7, 11) is 0. The zero-order valence-electron chi connectivity index (χ0n) is 10.1. The minimum atomic E-state index is -4.47. The molecule has 1 N–H and O–H groups in total. The lowest BCUT2D eigenvalue weighted by Crippen LogP contribution is -2.36. The van der Waals surface area contributed by atoms with Crippen molar-refractivity contribution in [2.24, 2.45) is 0 Å². The fourth-order valence-corrected chi connectivity index (χ4v) is 1.28. The van der Waals surface area contributed by atoms with Gasteiger partial charge >= 0.3 is 6.18 Å². The Bertz CT molecular complexity index is 472. The van der Waals surface area contributed by atoms with Gasteiger partial charge in [-0.25, -0.2) is 0 Å². The van der Waals surface area contributed by atoms with Crippen molar-refractivity contribution in [3.05, 3.63) is 29.8 Å². The maximum atomic E-state index is 11.8. The average Bonchev–Trinajstić information content (AvgIpc) is 2.33. The molecular weight excluding hydrogens is 263 g/mol. The molecule has 104 valence electrons. The smallest absolute Gasteiger partial charge is 0.405 e. The van der Waals surface area contributed by atoms with Crippen molar-refractivity contribution in [3.63, 3.8) is 0 Å². The van der Waals surface area contributed by atoms with E-state index in [1.807, 2.05) is 0 Å². The summed E-state index contributed by atoms with van der Waals surface area (Å²) < 4.78 is 40.6. The fourth-order valence-electron chi connectivity index (χ4n) is 1.28. The van der Waals surface area contributed by atoms with Gasteiger partial charge in [-0.15, -0.1) is 0 Å². The summed E-state index contributed by atoms with van der Waals surface area (Å²) in [5.74, 6) is -1.00. The Morgan fingerprint density at radius 2 is 1.89 bits per heavy atom. The molecule has 1 aromatic rings. The van der Waals surface area contributed by atoms with Gasteiger partial charge in [0.1, 0.15) is 12.3 Å². The van der Waals surface area contributed by atoms with Gasteiger partial charge in [-0.3, -0.25) is 9.59 Å². The molecule has 0 saturated heterocycles. The number of nitrogens with one attached hydrogen (secondary N) is 1. The molecule has 0 saturated carbocycles. The number of para-hydroxylation sites is 1. The molecule has 0 fully saturated rings. The van der Waals surface area contributed by atoms with E-state index in [1.165, 1.54) is 19.1 Å². The summed E-state index contributed by atoms with van der Waals surface area (Å²) in [5.41, 5.74) is 0.270. The Kier molecular flexibility index (Phi) is 4.91. The van der Waals surface area contributed by atoms with E-state index in [0.29, 0.717) is 0 Å². The monoisotopic (exact) mass is 275 g/mol. The number of benzene rings is 1. The van der Waals surface area contributed by atoms with E-state index in [4.69, 9.17) is 4.74 Å². The van der Waals surface area contributed by atoms with Gasteiger partial charge in [-0.05, 0) is 19.1 Å². The fraction of sp³-hybridized carbons (Fsp3) is 0.333. The zero-order valence-corrected chi connectivity index (χ0v) is 10.1. The highest BCUT2D eigenvalue weighted by Gasteiger charge is 2.27. The van der Waals surface area contributed by atoms with E-state index in [2.05, 4.69) is 0 Å². The number of rotatable bonds is 5. The van der Waals surface area contributed by atoms with Gasteiger partial charge in [0, 0.05) is 0 Å². The maximum Gasteiger partial charge on any atom is 0.405 e. The molecule has 0 aliphatic carbocycles. The summed E-state index contributed by atoms with van der Waals surface area (Å²) in [6.07, 6.45) is -4.47. The van der Waals surface area contributed by atoms with Gasteiger partial charge in [0.2, 0.25) is 0 Å². The van der Waals surface area contributed by atoms with Crippen molar-refractivity contribution >= 4 is 11.7 Å². The molecule has 0 radical (unpaired) electrons. The molecule has 1 amide bonds. The van der Waals surface area contributed by atoms with Crippen molar-refractivity contribution in [1.29, 1.82) is 0 Å². The van der Waals surface area contributed by atoms with E-state index in [9.17, 15) is 22.8 Å². The maximum absolute atomic E-state index is 11.8. The summed E-state index contributed by atoms with van der Waals surface area (Å²) in [6, 6.07) is 6.18. The van der Waals surface area contributed by atoms with Gasteiger partial charge < -0.3 is 10.1 Å². The topological polar surface area (TPSA) is 55.4 Å². The Labute approximate surface area is 107 Å². The van der Waals surface area contributed by atoms with Gasteiger partial charge in [0.25, 0.3) is 5.91 Å². The molecule has 4 nitrogen and oxygen atoms in total. The van der Waals surface area contributed by atoms with Crippen LogP contribution in [0.25, 0.3) is 0 Å². The number of ether oxygens (including phenoxy) is 1. The Morgan fingerprint density at radius 3 is 2.47 bits per heavy atom. The summed E-state index contributed by atoms with van der Waals surface area (Å²) in [4.78, 5) is 22.4. The van der Waals surface area contributed by atoms with Crippen molar-refractivity contribution < 1.29 is 27.5 Å². The van der Waals surface area contributed by atoms with Crippen LogP contribution < -0.4 is 10.1 Å². The molecule has 0 atom stereocenters. The van der Waals surface area contributed by atoms with Crippen LogP contribution in [-0.4, -0.2) is 31.0 Å². The lowest BCUT2D eigenvalue weighted by Gasteiger charge is -2.11. The Balaban J connectivity index is 2.53. The van der Waals surface area contributed by atoms with E-state index in [0.717, 1.165) is 0 Å². The third-order valence-electron chi connectivity index (χ3n) is 2.11. The van der Waals surface area contributed by atoms with Crippen LogP contribution in [-0.2, 0) is 4.79 Å². The van der Waals surface area contributed by atoms with Crippen LogP contribution in [0, 0.1) is 0 Å². The third kappa shape index (κ3) is 5.41. The highest BCUT2D eigenvalue weighted by Crippen LogP contribution is 2.18. The first-order valence-electron chi connectivity index (χ1n) is 5.36. The average molecular weight is 275 g/mol. The van der Waals surface area contributed by atoms with Crippen LogP contribution in [0.1, 0.15) is 17.3 Å². The molecule has 0 aliphatic heterocycles. The number of halogens is 3. The molecule has 0 aromatic heterocycles. The molecule has 0 aliphatic rings. The van der Waals surface area contributed by atoms with Gasteiger partial charge in [-0.1, -0.05) is 12.1 Å². The van der Waals surface area contributed by atoms with Crippen molar-refractivity contribution in [2.45, 2.75) is 13.1 Å². The minimum absolute atomic E-state index is 0.164. The number of ketones is 1. The van der Waals surface area contributed by atoms with E-state index in [-0.39, 0.29) is 17.1 Å². The predicted octanol–water partition coefficient (Wildman–Crippen LogP) is 1.95. The van der Waals surface area contributed by atoms with Crippen molar-refractivity contribution in [2.75, 3.05) is 13.2 Å². The highest BCUT2D eigenvalue weighted by atomic mass is 19.4. The van der Waals surface area contributed by atoms with Gasteiger partial charge in [-0.2, -0.15) is 13.2 Å². The molecule has 0 unspecified atom stereocenters. The summed E-state index contributed by atoms with van der Waals surface area (Å²) >= 11 is 0. The quantitative estimate of drug-likeness (QED) is 0.836. The minimum Gasteiger partial charge on any atom is -0.483 e. The summed E-state index contributed by atoms with van der Waals surface area (Å²) in [6.45, 7) is -0.671. The number of hydrogen-bond acceptors (Lipinski definition) is 3. The molecule has 0 bridgehead atoms. The van der Waals surface area contributed by atoms with Crippen LogP contribution >= 0.6 is 0 Å². The SMILES string of the molecule is CC(=O)c1ccccc1OCC(=O)NCC(F)(F)F. The molecule has 1 aromatic carbocycles. The predicted molar refractivity (Wildman–Crippen MR) is 61.0 cm³/mol. The second-order valence-corrected chi connectivity index (χ2v) is 3.73. The Morgan fingerprint density at radius 1 is 1.26 bits per heavy atom. The lowest BCUT2D eigenvalue weighted by atomic mass is 10.1. The largest absolute Gasteiger partial charge is 0.483 e. The van der Waals surface area contributed by atoms with Crippen molar-refractivity contribution in [1.82, 2.24) is 5.32 Å². The van der Waals surface area contributed by atoms with Gasteiger partial charge in [0.15, 0.2) is 12.4 Å². The number of carbonyl (C=O) groups excluding carboxylic acids is 2. The van der Waals surface area contributed by atoms with E-state index in [1.54, 1.807) is 17.4 Å². The van der Waals surface area contributed by atoms with Gasteiger partial charge in [0.05, 0.1) is 5.56 Å². The van der Waals surface area contributed by atoms with Crippen LogP contribution in [0.15, 0.2) is 24.3 Å². The van der Waals surface area contributed by atoms with Crippen LogP contribution in [0.3, 0.4) is 0 Å². The first-order valence-corrected chi connectivity index (χ1v) is 5.36. The molecule has 0 heterocycles. The first-order chi connectivity index (χ1) is 8.79. The van der Waals surface area contributed by atoms with Crippen LogP contribution in [0.5, 0.6) is 5.75 Å². The van der Waals surface area contributed by atoms with Crippen molar-refractivity contribution in [3.8, 4) is 5.75 Å². The summed E-state index contributed by atoms with van der Waals surface area (Å²) in [5, 5.41) is 1.67. The first kappa shape index (κ1) is 15.0. The third-order valence-corrected chi connectivity index (χ3v) is 2.11. The lowest BCUT2D eigenvalue weighted by molar-refractivity contribution is -0.139. The molecule has 7 heteroatoms. The van der Waals surface area contributed by atoms with E-state index < -0.39 is 25.2 Å². The second kappa shape index (κ2) is 6.21.